The Morgan fingerprint density at radius 2 is 2.14 bits per heavy atom. The zero-order chi connectivity index (χ0) is 10.6. The Morgan fingerprint density at radius 3 is 2.79 bits per heavy atom. The summed E-state index contributed by atoms with van der Waals surface area (Å²) in [5, 5.41) is 12.5. The molecule has 0 aliphatic heterocycles. The summed E-state index contributed by atoms with van der Waals surface area (Å²) in [6.07, 6.45) is -0.0115. The summed E-state index contributed by atoms with van der Waals surface area (Å²) >= 11 is 5.53. The van der Waals surface area contributed by atoms with E-state index < -0.39 is 6.23 Å². The fourth-order valence-electron chi connectivity index (χ4n) is 1.26. The van der Waals surface area contributed by atoms with Crippen molar-refractivity contribution in [2.75, 3.05) is 11.2 Å². The number of benzene rings is 1. The third kappa shape index (κ3) is 2.89. The summed E-state index contributed by atoms with van der Waals surface area (Å²) in [6.45, 7) is 4.08. The average molecular weight is 214 g/mol. The van der Waals surface area contributed by atoms with E-state index in [-0.39, 0.29) is 0 Å². The Morgan fingerprint density at radius 1 is 1.43 bits per heavy atom. The molecule has 2 N–H and O–H groups in total. The van der Waals surface area contributed by atoms with Gasteiger partial charge in [-0.25, -0.2) is 0 Å². The maximum Gasteiger partial charge on any atom is 0.125 e. The van der Waals surface area contributed by atoms with Gasteiger partial charge in [0.15, 0.2) is 0 Å². The summed E-state index contributed by atoms with van der Waals surface area (Å²) in [5.41, 5.74) is 3.36. The first-order chi connectivity index (χ1) is 6.65. The normalized spacial score (nSPS) is 12.6. The molecule has 3 heteroatoms. The van der Waals surface area contributed by atoms with E-state index in [1.54, 1.807) is 0 Å². The Labute approximate surface area is 89.9 Å². The Balaban J connectivity index is 2.71. The lowest BCUT2D eigenvalue weighted by Crippen LogP contribution is -2.19. The number of alkyl halides is 1. The molecule has 1 atom stereocenters. The summed E-state index contributed by atoms with van der Waals surface area (Å²) in [4.78, 5) is 0. The van der Waals surface area contributed by atoms with E-state index >= 15 is 0 Å². The standard InChI is InChI=1S/C11H16ClNO/c1-8-4-3-5-10(9(8)2)13-11(14)6-7-12/h3-5,11,13-14H,6-7H2,1-2H3. The second-order valence-electron chi connectivity index (χ2n) is 3.39. The first kappa shape index (κ1) is 11.3. The summed E-state index contributed by atoms with van der Waals surface area (Å²) < 4.78 is 0. The van der Waals surface area contributed by atoms with E-state index in [4.69, 9.17) is 11.6 Å². The van der Waals surface area contributed by atoms with Gasteiger partial charge in [-0.3, -0.25) is 0 Å². The molecule has 0 bridgehead atoms. The van der Waals surface area contributed by atoms with Crippen molar-refractivity contribution in [3.8, 4) is 0 Å². The molecule has 1 aromatic rings. The number of aliphatic hydroxyl groups is 1. The minimum atomic E-state index is -0.562. The van der Waals surface area contributed by atoms with Crippen LogP contribution < -0.4 is 5.32 Å². The minimum absolute atomic E-state index is 0.457. The third-order valence-corrected chi connectivity index (χ3v) is 2.53. The van der Waals surface area contributed by atoms with Crippen LogP contribution in [-0.4, -0.2) is 17.2 Å². The summed E-state index contributed by atoms with van der Waals surface area (Å²) in [5.74, 6) is 0.457. The lowest BCUT2D eigenvalue weighted by molar-refractivity contribution is 0.200. The van der Waals surface area contributed by atoms with E-state index in [0.29, 0.717) is 12.3 Å². The zero-order valence-electron chi connectivity index (χ0n) is 8.55. The number of nitrogens with one attached hydrogen (secondary N) is 1. The van der Waals surface area contributed by atoms with Crippen LogP contribution in [0.2, 0.25) is 0 Å². The predicted molar refractivity (Wildman–Crippen MR) is 60.9 cm³/mol. The van der Waals surface area contributed by atoms with Crippen molar-refractivity contribution < 1.29 is 5.11 Å². The number of hydrogen-bond donors (Lipinski definition) is 2. The largest absolute Gasteiger partial charge is 0.374 e. The van der Waals surface area contributed by atoms with Gasteiger partial charge in [-0.1, -0.05) is 12.1 Å². The van der Waals surface area contributed by atoms with Crippen LogP contribution in [0.1, 0.15) is 17.5 Å². The molecular formula is C11H16ClNO. The van der Waals surface area contributed by atoms with Crippen LogP contribution in [0, 0.1) is 13.8 Å². The minimum Gasteiger partial charge on any atom is -0.374 e. The quantitative estimate of drug-likeness (QED) is 0.596. The van der Waals surface area contributed by atoms with Crippen LogP contribution in [0.3, 0.4) is 0 Å². The summed E-state index contributed by atoms with van der Waals surface area (Å²) in [7, 11) is 0. The van der Waals surface area contributed by atoms with Crippen LogP contribution >= 0.6 is 11.6 Å². The van der Waals surface area contributed by atoms with Gasteiger partial charge in [-0.15, -0.1) is 11.6 Å². The van der Waals surface area contributed by atoms with E-state index in [1.165, 1.54) is 11.1 Å². The molecular weight excluding hydrogens is 198 g/mol. The molecule has 0 saturated heterocycles. The van der Waals surface area contributed by atoms with Gasteiger partial charge in [0.2, 0.25) is 0 Å². The number of rotatable bonds is 4. The maximum atomic E-state index is 9.52. The molecule has 0 fully saturated rings. The molecule has 0 aliphatic carbocycles. The fraction of sp³-hybridized carbons (Fsp3) is 0.455. The highest BCUT2D eigenvalue weighted by Gasteiger charge is 2.05. The topological polar surface area (TPSA) is 32.3 Å². The molecule has 1 aromatic carbocycles. The Hall–Kier alpha value is -0.730. The predicted octanol–water partition coefficient (Wildman–Crippen LogP) is 2.66. The molecule has 0 aliphatic rings. The van der Waals surface area contributed by atoms with Crippen molar-refractivity contribution in [2.45, 2.75) is 26.5 Å². The lowest BCUT2D eigenvalue weighted by Gasteiger charge is -2.15. The van der Waals surface area contributed by atoms with Gasteiger partial charge < -0.3 is 10.4 Å². The zero-order valence-corrected chi connectivity index (χ0v) is 9.30. The molecule has 0 radical (unpaired) electrons. The molecule has 0 amide bonds. The smallest absolute Gasteiger partial charge is 0.125 e. The van der Waals surface area contributed by atoms with Crippen molar-refractivity contribution >= 4 is 17.3 Å². The third-order valence-electron chi connectivity index (χ3n) is 2.31. The average Bonchev–Trinajstić information content (AvgIpc) is 2.13. The van der Waals surface area contributed by atoms with E-state index in [9.17, 15) is 5.11 Å². The Kier molecular flexibility index (Phi) is 4.23. The number of aliphatic hydroxyl groups excluding tert-OH is 1. The molecule has 2 nitrogen and oxygen atoms in total. The highest BCUT2D eigenvalue weighted by Crippen LogP contribution is 2.18. The van der Waals surface area contributed by atoms with Gasteiger partial charge in [-0.05, 0) is 31.0 Å². The fourth-order valence-corrected chi connectivity index (χ4v) is 1.47. The van der Waals surface area contributed by atoms with Crippen molar-refractivity contribution in [1.29, 1.82) is 0 Å². The van der Waals surface area contributed by atoms with Crippen LogP contribution in [0.15, 0.2) is 18.2 Å². The van der Waals surface area contributed by atoms with E-state index in [1.807, 2.05) is 19.1 Å². The van der Waals surface area contributed by atoms with Gasteiger partial charge in [0.1, 0.15) is 6.23 Å². The SMILES string of the molecule is Cc1cccc(NC(O)CCCl)c1C. The van der Waals surface area contributed by atoms with Gasteiger partial charge >= 0.3 is 0 Å². The van der Waals surface area contributed by atoms with Gasteiger partial charge in [0.05, 0.1) is 0 Å². The first-order valence-corrected chi connectivity index (χ1v) is 5.25. The monoisotopic (exact) mass is 213 g/mol. The van der Waals surface area contributed by atoms with E-state index in [0.717, 1.165) is 5.69 Å². The highest BCUT2D eigenvalue weighted by molar-refractivity contribution is 6.17. The second kappa shape index (κ2) is 5.23. The number of anilines is 1. The number of aryl methyl sites for hydroxylation is 1. The van der Waals surface area contributed by atoms with Crippen molar-refractivity contribution in [3.05, 3.63) is 29.3 Å². The van der Waals surface area contributed by atoms with Crippen LogP contribution in [0.25, 0.3) is 0 Å². The van der Waals surface area contributed by atoms with Gasteiger partial charge in [0.25, 0.3) is 0 Å². The van der Waals surface area contributed by atoms with Gasteiger partial charge in [-0.2, -0.15) is 0 Å². The first-order valence-electron chi connectivity index (χ1n) is 4.72. The molecule has 14 heavy (non-hydrogen) atoms. The second-order valence-corrected chi connectivity index (χ2v) is 3.76. The molecule has 78 valence electrons. The van der Waals surface area contributed by atoms with Crippen molar-refractivity contribution in [3.63, 3.8) is 0 Å². The van der Waals surface area contributed by atoms with Crippen molar-refractivity contribution in [2.24, 2.45) is 0 Å². The molecule has 1 unspecified atom stereocenters. The van der Waals surface area contributed by atoms with Crippen LogP contribution in [0.4, 0.5) is 5.69 Å². The molecule has 0 heterocycles. The highest BCUT2D eigenvalue weighted by atomic mass is 35.5. The molecule has 0 aromatic heterocycles. The van der Waals surface area contributed by atoms with Crippen molar-refractivity contribution in [1.82, 2.24) is 0 Å². The lowest BCUT2D eigenvalue weighted by atomic mass is 10.1. The van der Waals surface area contributed by atoms with Crippen LogP contribution in [0.5, 0.6) is 0 Å². The molecule has 0 spiro atoms. The Bertz CT molecular complexity index is 301. The number of halogens is 1. The maximum absolute atomic E-state index is 9.52. The van der Waals surface area contributed by atoms with Gasteiger partial charge in [0, 0.05) is 18.0 Å². The molecule has 0 saturated carbocycles. The van der Waals surface area contributed by atoms with Crippen LogP contribution in [-0.2, 0) is 0 Å². The number of hydrogen-bond acceptors (Lipinski definition) is 2. The van der Waals surface area contributed by atoms with E-state index in [2.05, 4.69) is 18.3 Å². The summed E-state index contributed by atoms with van der Waals surface area (Å²) in [6, 6.07) is 5.98. The molecule has 1 rings (SSSR count).